The van der Waals surface area contributed by atoms with E-state index in [1.807, 2.05) is 6.07 Å². The maximum Gasteiger partial charge on any atom is 0.241 e. The van der Waals surface area contributed by atoms with Crippen LogP contribution in [0.1, 0.15) is 31.2 Å². The SMILES string of the molecule is Cc1ccc(-c2cn3c(N)ncnc3n2)cc1S(=O)(=O)NC12CCC(C#N)(C1)C2. The van der Waals surface area contributed by atoms with E-state index in [1.54, 1.807) is 29.7 Å². The number of sulfonamides is 1. The van der Waals surface area contributed by atoms with E-state index in [0.717, 1.165) is 6.42 Å². The molecule has 3 aliphatic rings. The number of anilines is 1. The third kappa shape index (κ3) is 2.69. The number of benzene rings is 1. The molecule has 9 nitrogen and oxygen atoms in total. The number of hydrogen-bond donors (Lipinski definition) is 2. The van der Waals surface area contributed by atoms with Crippen molar-refractivity contribution >= 4 is 21.7 Å². The molecule has 2 bridgehead atoms. The Morgan fingerprint density at radius 1 is 1.28 bits per heavy atom. The largest absolute Gasteiger partial charge is 0.369 e. The average Bonchev–Trinajstić information content (AvgIpc) is 3.33. The zero-order valence-electron chi connectivity index (χ0n) is 15.8. The minimum absolute atomic E-state index is 0.210. The summed E-state index contributed by atoms with van der Waals surface area (Å²) >= 11 is 0. The van der Waals surface area contributed by atoms with Crippen LogP contribution >= 0.6 is 0 Å². The minimum atomic E-state index is -3.75. The van der Waals surface area contributed by atoms with Gasteiger partial charge in [0.1, 0.15) is 6.33 Å². The fourth-order valence-corrected chi connectivity index (χ4v) is 6.39. The number of rotatable bonds is 4. The first kappa shape index (κ1) is 18.0. The van der Waals surface area contributed by atoms with Crippen LogP contribution in [0.3, 0.4) is 0 Å². The predicted octanol–water partition coefficient (Wildman–Crippen LogP) is 1.80. The summed E-state index contributed by atoms with van der Waals surface area (Å²) in [7, 11) is -3.75. The molecule has 0 spiro atoms. The molecule has 0 amide bonds. The second kappa shape index (κ2) is 5.75. The highest BCUT2D eigenvalue weighted by Crippen LogP contribution is 2.61. The Morgan fingerprint density at radius 3 is 2.76 bits per heavy atom. The van der Waals surface area contributed by atoms with Gasteiger partial charge >= 0.3 is 0 Å². The van der Waals surface area contributed by atoms with Crippen molar-refractivity contribution < 1.29 is 8.42 Å². The van der Waals surface area contributed by atoms with Gasteiger partial charge in [0, 0.05) is 17.3 Å². The van der Waals surface area contributed by atoms with Crippen LogP contribution < -0.4 is 10.5 Å². The van der Waals surface area contributed by atoms with Crippen molar-refractivity contribution in [1.82, 2.24) is 24.1 Å². The molecule has 148 valence electrons. The van der Waals surface area contributed by atoms with Crippen molar-refractivity contribution in [1.29, 1.82) is 5.26 Å². The van der Waals surface area contributed by atoms with Crippen molar-refractivity contribution in [3.63, 3.8) is 0 Å². The standard InChI is InChI=1S/C19H19N7O2S/c1-12-2-3-13(14-7-26-16(21)22-11-23-17(26)24-14)6-15(12)29(27,28)25-19-5-4-18(8-19,9-19)10-20/h2-3,6-7,11,25H,4-5,8-9H2,1H3,(H2,21,22,23,24). The molecule has 2 heterocycles. The van der Waals surface area contributed by atoms with Crippen LogP contribution in [-0.2, 0) is 10.0 Å². The highest BCUT2D eigenvalue weighted by atomic mass is 32.2. The Morgan fingerprint density at radius 2 is 2.07 bits per heavy atom. The summed E-state index contributed by atoms with van der Waals surface area (Å²) in [4.78, 5) is 12.6. The second-order valence-corrected chi connectivity index (χ2v) is 9.79. The maximum absolute atomic E-state index is 13.2. The summed E-state index contributed by atoms with van der Waals surface area (Å²) < 4.78 is 30.8. The van der Waals surface area contributed by atoms with Gasteiger partial charge in [-0.05, 0) is 44.2 Å². The molecule has 0 atom stereocenters. The van der Waals surface area contributed by atoms with E-state index in [9.17, 15) is 13.7 Å². The van der Waals surface area contributed by atoms with Crippen LogP contribution in [0.2, 0.25) is 0 Å². The first-order chi connectivity index (χ1) is 13.7. The third-order valence-electron chi connectivity index (χ3n) is 6.09. The zero-order chi connectivity index (χ0) is 20.4. The molecule has 1 aromatic carbocycles. The van der Waals surface area contributed by atoms with Gasteiger partial charge in [0.15, 0.2) is 0 Å². The van der Waals surface area contributed by atoms with Gasteiger partial charge in [-0.1, -0.05) is 12.1 Å². The van der Waals surface area contributed by atoms with E-state index < -0.39 is 15.6 Å². The molecular formula is C19H19N7O2S. The number of aromatic nitrogens is 4. The third-order valence-corrected chi connectivity index (χ3v) is 7.82. The highest BCUT2D eigenvalue weighted by Gasteiger charge is 2.62. The molecule has 10 heteroatoms. The van der Waals surface area contributed by atoms with E-state index >= 15 is 0 Å². The highest BCUT2D eigenvalue weighted by molar-refractivity contribution is 7.89. The van der Waals surface area contributed by atoms with Crippen LogP contribution in [0.4, 0.5) is 5.95 Å². The van der Waals surface area contributed by atoms with Crippen LogP contribution in [-0.4, -0.2) is 33.3 Å². The van der Waals surface area contributed by atoms with Gasteiger partial charge in [-0.15, -0.1) is 0 Å². The second-order valence-electron chi connectivity index (χ2n) is 8.14. The maximum atomic E-state index is 13.2. The van der Waals surface area contributed by atoms with Gasteiger partial charge in [0.25, 0.3) is 0 Å². The van der Waals surface area contributed by atoms with Crippen LogP contribution in [0.25, 0.3) is 17.0 Å². The van der Waals surface area contributed by atoms with Gasteiger partial charge in [-0.3, -0.25) is 4.40 Å². The van der Waals surface area contributed by atoms with Crippen molar-refractivity contribution in [3.8, 4) is 17.3 Å². The Kier molecular flexibility index (Phi) is 3.57. The smallest absolute Gasteiger partial charge is 0.241 e. The summed E-state index contributed by atoms with van der Waals surface area (Å²) in [5, 5.41) is 9.32. The topological polar surface area (TPSA) is 139 Å². The molecular weight excluding hydrogens is 390 g/mol. The lowest BCUT2D eigenvalue weighted by molar-refractivity contribution is 0.161. The molecule has 3 saturated carbocycles. The first-order valence-electron chi connectivity index (χ1n) is 9.27. The predicted molar refractivity (Wildman–Crippen MR) is 105 cm³/mol. The summed E-state index contributed by atoms with van der Waals surface area (Å²) in [6.45, 7) is 1.76. The van der Waals surface area contributed by atoms with Crippen molar-refractivity contribution in [2.24, 2.45) is 5.41 Å². The molecule has 0 radical (unpaired) electrons. The number of nitrogens with one attached hydrogen (secondary N) is 1. The summed E-state index contributed by atoms with van der Waals surface area (Å²) in [6, 6.07) is 7.54. The number of imidazole rings is 1. The monoisotopic (exact) mass is 409 g/mol. The minimum Gasteiger partial charge on any atom is -0.369 e. The number of aryl methyl sites for hydroxylation is 1. The molecule has 3 aromatic rings. The van der Waals surface area contributed by atoms with Crippen LogP contribution in [0, 0.1) is 23.7 Å². The quantitative estimate of drug-likeness (QED) is 0.669. The number of nitrogens with zero attached hydrogens (tertiary/aromatic N) is 5. The van der Waals surface area contributed by atoms with E-state index in [2.05, 4.69) is 25.7 Å². The van der Waals surface area contributed by atoms with Gasteiger partial charge in [-0.2, -0.15) is 5.26 Å². The molecule has 0 saturated heterocycles. The molecule has 0 aliphatic heterocycles. The summed E-state index contributed by atoms with van der Waals surface area (Å²) in [5.74, 6) is 0.643. The summed E-state index contributed by atoms with van der Waals surface area (Å²) in [5.41, 5.74) is 6.84. The van der Waals surface area contributed by atoms with Gasteiger partial charge in [-0.25, -0.2) is 28.1 Å². The number of nitrogen functional groups attached to an aromatic ring is 1. The molecule has 0 unspecified atom stereocenters. The molecule has 6 rings (SSSR count). The molecule has 2 aromatic heterocycles. The Balaban J connectivity index is 1.51. The van der Waals surface area contributed by atoms with Crippen LogP contribution in [0.15, 0.2) is 35.6 Å². The van der Waals surface area contributed by atoms with Crippen LogP contribution in [0.5, 0.6) is 0 Å². The molecule has 3 N–H and O–H groups in total. The van der Waals surface area contributed by atoms with Gasteiger partial charge in [0.2, 0.25) is 21.7 Å². The lowest BCUT2D eigenvalue weighted by atomic mass is 9.66. The fourth-order valence-electron chi connectivity index (χ4n) is 4.69. The van der Waals surface area contributed by atoms with Gasteiger partial charge in [0.05, 0.1) is 22.1 Å². The molecule has 3 fully saturated rings. The van der Waals surface area contributed by atoms with E-state index in [0.29, 0.717) is 41.9 Å². The van der Waals surface area contributed by atoms with Crippen molar-refractivity contribution in [2.45, 2.75) is 43.0 Å². The lowest BCUT2D eigenvalue weighted by Gasteiger charge is -2.43. The van der Waals surface area contributed by atoms with E-state index in [4.69, 9.17) is 5.73 Å². The van der Waals surface area contributed by atoms with Crippen molar-refractivity contribution in [2.75, 3.05) is 5.73 Å². The number of hydrogen-bond acceptors (Lipinski definition) is 7. The Hall–Kier alpha value is -3.03. The molecule has 29 heavy (non-hydrogen) atoms. The normalized spacial score (nSPS) is 25.7. The Bertz CT molecular complexity index is 1300. The van der Waals surface area contributed by atoms with E-state index in [-0.39, 0.29) is 16.3 Å². The Labute approximate surface area is 167 Å². The van der Waals surface area contributed by atoms with Gasteiger partial charge < -0.3 is 5.73 Å². The summed E-state index contributed by atoms with van der Waals surface area (Å²) in [6.07, 6.45) is 5.62. The van der Waals surface area contributed by atoms with Crippen molar-refractivity contribution in [3.05, 3.63) is 36.3 Å². The number of nitriles is 1. The first-order valence-corrected chi connectivity index (χ1v) is 10.8. The lowest BCUT2D eigenvalue weighted by Crippen LogP contribution is -2.55. The molecule has 3 aliphatic carbocycles. The number of nitrogens with two attached hydrogens (primary N) is 1. The average molecular weight is 409 g/mol. The zero-order valence-corrected chi connectivity index (χ0v) is 16.6. The number of fused-ring (bicyclic) bond motifs is 2. The fraction of sp³-hybridized carbons (Fsp3) is 0.368. The van der Waals surface area contributed by atoms with E-state index in [1.165, 1.54) is 6.33 Å².